The SMILES string of the molecule is CC(C)NC(=O)[C@]1(Cc2cccc(-c3ccncc3)c2)CCN(C(=O)CC(C)(C)C)C1. The molecule has 5 heteroatoms. The van der Waals surface area contributed by atoms with Crippen molar-refractivity contribution in [3.05, 3.63) is 54.4 Å². The maximum atomic E-state index is 13.3. The molecule has 0 saturated carbocycles. The highest BCUT2D eigenvalue weighted by Crippen LogP contribution is 2.37. The number of nitrogens with one attached hydrogen (secondary N) is 1. The predicted molar refractivity (Wildman–Crippen MR) is 124 cm³/mol. The van der Waals surface area contributed by atoms with Gasteiger partial charge in [-0.1, -0.05) is 45.0 Å². The summed E-state index contributed by atoms with van der Waals surface area (Å²) in [6.07, 6.45) is 5.36. The van der Waals surface area contributed by atoms with E-state index in [1.54, 1.807) is 12.4 Å². The van der Waals surface area contributed by atoms with E-state index in [0.717, 1.165) is 16.7 Å². The molecular formula is C26H35N3O2. The van der Waals surface area contributed by atoms with Gasteiger partial charge in [0.05, 0.1) is 5.41 Å². The first-order valence-corrected chi connectivity index (χ1v) is 11.2. The average Bonchev–Trinajstić information content (AvgIpc) is 3.13. The van der Waals surface area contributed by atoms with Crippen LogP contribution in [0.3, 0.4) is 0 Å². The van der Waals surface area contributed by atoms with Crippen LogP contribution in [0.2, 0.25) is 0 Å². The molecule has 3 rings (SSSR count). The quantitative estimate of drug-likeness (QED) is 0.748. The first-order chi connectivity index (χ1) is 14.6. The Hall–Kier alpha value is -2.69. The van der Waals surface area contributed by atoms with Crippen molar-refractivity contribution < 1.29 is 9.59 Å². The number of amides is 2. The largest absolute Gasteiger partial charge is 0.353 e. The minimum absolute atomic E-state index is 0.0443. The molecule has 31 heavy (non-hydrogen) atoms. The van der Waals surface area contributed by atoms with Crippen LogP contribution in [0.15, 0.2) is 48.8 Å². The van der Waals surface area contributed by atoms with Gasteiger partial charge in [0.25, 0.3) is 0 Å². The lowest BCUT2D eigenvalue weighted by Crippen LogP contribution is -2.47. The Morgan fingerprint density at radius 1 is 1.13 bits per heavy atom. The second-order valence-corrected chi connectivity index (χ2v) is 10.3. The number of rotatable bonds is 6. The molecule has 1 aromatic carbocycles. The van der Waals surface area contributed by atoms with Gasteiger partial charge in [0.2, 0.25) is 11.8 Å². The van der Waals surface area contributed by atoms with Gasteiger partial charge in [-0.25, -0.2) is 0 Å². The van der Waals surface area contributed by atoms with E-state index in [9.17, 15) is 9.59 Å². The Bertz CT molecular complexity index is 918. The molecule has 2 aromatic rings. The topological polar surface area (TPSA) is 62.3 Å². The van der Waals surface area contributed by atoms with E-state index in [4.69, 9.17) is 0 Å². The van der Waals surface area contributed by atoms with Crippen molar-refractivity contribution in [2.75, 3.05) is 13.1 Å². The molecule has 2 heterocycles. The van der Waals surface area contributed by atoms with E-state index in [2.05, 4.69) is 49.3 Å². The molecule has 5 nitrogen and oxygen atoms in total. The van der Waals surface area contributed by atoms with Crippen molar-refractivity contribution in [3.63, 3.8) is 0 Å². The van der Waals surface area contributed by atoms with Crippen LogP contribution < -0.4 is 5.32 Å². The first-order valence-electron chi connectivity index (χ1n) is 11.2. The molecule has 2 amide bonds. The summed E-state index contributed by atoms with van der Waals surface area (Å²) >= 11 is 0. The molecule has 1 saturated heterocycles. The number of benzene rings is 1. The van der Waals surface area contributed by atoms with E-state index < -0.39 is 5.41 Å². The van der Waals surface area contributed by atoms with Gasteiger partial charge >= 0.3 is 0 Å². The molecule has 1 aliphatic heterocycles. The first kappa shape index (κ1) is 23.0. The standard InChI is InChI=1S/C26H35N3O2/c1-19(2)28-24(31)26(11-14-29(18-26)23(30)17-25(3,4)5)16-20-7-6-8-22(15-20)21-9-12-27-13-10-21/h6-10,12-13,15,19H,11,14,16-18H2,1-5H3,(H,28,31)/t26-/m0/s1. The summed E-state index contributed by atoms with van der Waals surface area (Å²) < 4.78 is 0. The lowest BCUT2D eigenvalue weighted by atomic mass is 9.79. The fraction of sp³-hybridized carbons (Fsp3) is 0.500. The van der Waals surface area contributed by atoms with Crippen LogP contribution in [-0.2, 0) is 16.0 Å². The molecule has 0 unspecified atom stereocenters. The van der Waals surface area contributed by atoms with Gasteiger partial charge in [-0.2, -0.15) is 0 Å². The predicted octanol–water partition coefficient (Wildman–Crippen LogP) is 4.47. The highest BCUT2D eigenvalue weighted by atomic mass is 16.2. The van der Waals surface area contributed by atoms with Crippen LogP contribution in [0, 0.1) is 10.8 Å². The minimum atomic E-state index is -0.602. The smallest absolute Gasteiger partial charge is 0.228 e. The second kappa shape index (κ2) is 9.21. The number of nitrogens with zero attached hydrogens (tertiary/aromatic N) is 2. The van der Waals surface area contributed by atoms with E-state index in [1.807, 2.05) is 36.9 Å². The third-order valence-electron chi connectivity index (χ3n) is 5.77. The fourth-order valence-corrected chi connectivity index (χ4v) is 4.27. The zero-order chi connectivity index (χ0) is 22.6. The van der Waals surface area contributed by atoms with Crippen molar-refractivity contribution in [3.8, 4) is 11.1 Å². The summed E-state index contributed by atoms with van der Waals surface area (Å²) in [5, 5.41) is 3.11. The van der Waals surface area contributed by atoms with E-state index in [1.165, 1.54) is 0 Å². The molecule has 0 bridgehead atoms. The molecule has 0 spiro atoms. The van der Waals surface area contributed by atoms with Crippen LogP contribution >= 0.6 is 0 Å². The Morgan fingerprint density at radius 3 is 2.48 bits per heavy atom. The molecule has 1 atom stereocenters. The fourth-order valence-electron chi connectivity index (χ4n) is 4.27. The monoisotopic (exact) mass is 421 g/mol. The number of hydrogen-bond donors (Lipinski definition) is 1. The highest BCUT2D eigenvalue weighted by Gasteiger charge is 2.46. The van der Waals surface area contributed by atoms with Crippen LogP contribution in [0.1, 0.15) is 53.0 Å². The van der Waals surface area contributed by atoms with Gasteiger partial charge in [-0.3, -0.25) is 14.6 Å². The number of carbonyl (C=O) groups excluding carboxylic acids is 2. The lowest BCUT2D eigenvalue weighted by molar-refractivity contribution is -0.134. The zero-order valence-corrected chi connectivity index (χ0v) is 19.4. The van der Waals surface area contributed by atoms with E-state index in [0.29, 0.717) is 32.4 Å². The normalized spacial score (nSPS) is 19.0. The summed E-state index contributed by atoms with van der Waals surface area (Å²) in [4.78, 5) is 32.2. The third kappa shape index (κ3) is 5.93. The maximum absolute atomic E-state index is 13.3. The van der Waals surface area contributed by atoms with Crippen LogP contribution in [0.25, 0.3) is 11.1 Å². The van der Waals surface area contributed by atoms with Crippen molar-refractivity contribution in [1.82, 2.24) is 15.2 Å². The molecule has 0 aliphatic carbocycles. The second-order valence-electron chi connectivity index (χ2n) is 10.3. The summed E-state index contributed by atoms with van der Waals surface area (Å²) in [5.74, 6) is 0.181. The van der Waals surface area contributed by atoms with Crippen molar-refractivity contribution in [2.24, 2.45) is 10.8 Å². The molecule has 1 aliphatic rings. The molecule has 1 aromatic heterocycles. The van der Waals surface area contributed by atoms with Gasteiger partial charge < -0.3 is 10.2 Å². The number of likely N-dealkylation sites (tertiary alicyclic amines) is 1. The van der Waals surface area contributed by atoms with Crippen molar-refractivity contribution >= 4 is 11.8 Å². The summed E-state index contributed by atoms with van der Waals surface area (Å²) in [5.41, 5.74) is 2.65. The lowest BCUT2D eigenvalue weighted by Gasteiger charge is -2.30. The number of aromatic nitrogens is 1. The maximum Gasteiger partial charge on any atom is 0.228 e. The molecule has 166 valence electrons. The number of carbonyl (C=O) groups is 2. The van der Waals surface area contributed by atoms with E-state index in [-0.39, 0.29) is 23.3 Å². The summed E-state index contributed by atoms with van der Waals surface area (Å²) in [6.45, 7) is 11.3. The van der Waals surface area contributed by atoms with Crippen LogP contribution in [0.5, 0.6) is 0 Å². The van der Waals surface area contributed by atoms with Gasteiger partial charge in [0.15, 0.2) is 0 Å². The Labute approximate surface area is 186 Å². The zero-order valence-electron chi connectivity index (χ0n) is 19.4. The number of hydrogen-bond acceptors (Lipinski definition) is 3. The van der Waals surface area contributed by atoms with Crippen molar-refractivity contribution in [1.29, 1.82) is 0 Å². The summed E-state index contributed by atoms with van der Waals surface area (Å²) in [6, 6.07) is 12.4. The van der Waals surface area contributed by atoms with Crippen LogP contribution in [0.4, 0.5) is 0 Å². The average molecular weight is 422 g/mol. The van der Waals surface area contributed by atoms with E-state index >= 15 is 0 Å². The van der Waals surface area contributed by atoms with Gasteiger partial charge in [-0.05, 0) is 60.9 Å². The van der Waals surface area contributed by atoms with Crippen molar-refractivity contribution in [2.45, 2.75) is 59.9 Å². The van der Waals surface area contributed by atoms with Crippen LogP contribution in [-0.4, -0.2) is 40.8 Å². The summed E-state index contributed by atoms with van der Waals surface area (Å²) in [7, 11) is 0. The minimum Gasteiger partial charge on any atom is -0.353 e. The molecule has 1 N–H and O–H groups in total. The Balaban J connectivity index is 1.86. The Morgan fingerprint density at radius 2 is 1.84 bits per heavy atom. The van der Waals surface area contributed by atoms with Gasteiger partial charge in [0.1, 0.15) is 0 Å². The highest BCUT2D eigenvalue weighted by molar-refractivity contribution is 5.86. The molecule has 0 radical (unpaired) electrons. The van der Waals surface area contributed by atoms with Gasteiger partial charge in [0, 0.05) is 37.9 Å². The Kier molecular flexibility index (Phi) is 6.83. The molecular weight excluding hydrogens is 386 g/mol. The van der Waals surface area contributed by atoms with Gasteiger partial charge in [-0.15, -0.1) is 0 Å². The molecule has 1 fully saturated rings. The number of pyridine rings is 1. The third-order valence-corrected chi connectivity index (χ3v) is 5.77.